The molecule has 0 bridgehead atoms. The largest absolute Gasteiger partial charge is 0.341 e. The highest BCUT2D eigenvalue weighted by Crippen LogP contribution is 2.15. The molecule has 0 spiro atoms. The summed E-state index contributed by atoms with van der Waals surface area (Å²) in [7, 11) is 3.87. The van der Waals surface area contributed by atoms with E-state index in [2.05, 4.69) is 6.92 Å². The Morgan fingerprint density at radius 1 is 1.54 bits per heavy atom. The van der Waals surface area contributed by atoms with Crippen molar-refractivity contribution in [2.75, 3.05) is 33.7 Å². The predicted molar refractivity (Wildman–Crippen MR) is 53.5 cm³/mol. The fraction of sp³-hybridized carbons (Fsp3) is 0.900. The number of hydrogen-bond donors (Lipinski definition) is 0. The number of nitrogens with zero attached hydrogens (tertiary/aromatic N) is 2. The lowest BCUT2D eigenvalue weighted by molar-refractivity contribution is -0.133. The molecule has 1 aliphatic rings. The molecule has 1 aliphatic heterocycles. The van der Waals surface area contributed by atoms with Gasteiger partial charge in [0.1, 0.15) is 0 Å². The number of amides is 1. The first-order valence-electron chi connectivity index (χ1n) is 5.02. The molecule has 1 atom stereocenters. The Bertz CT molecular complexity index is 180. The third-order valence-corrected chi connectivity index (χ3v) is 2.46. The van der Waals surface area contributed by atoms with Gasteiger partial charge in [0.25, 0.3) is 0 Å². The molecule has 0 saturated carbocycles. The fourth-order valence-electron chi connectivity index (χ4n) is 1.79. The second kappa shape index (κ2) is 4.61. The first-order chi connectivity index (χ1) is 6.09. The summed E-state index contributed by atoms with van der Waals surface area (Å²) in [6.45, 7) is 4.67. The van der Waals surface area contributed by atoms with E-state index in [-0.39, 0.29) is 5.91 Å². The van der Waals surface area contributed by atoms with Gasteiger partial charge in [0, 0.05) is 13.1 Å². The zero-order chi connectivity index (χ0) is 9.84. The van der Waals surface area contributed by atoms with Crippen LogP contribution in [0.2, 0.25) is 0 Å². The number of likely N-dealkylation sites (tertiary alicyclic amines) is 1. The van der Waals surface area contributed by atoms with E-state index < -0.39 is 0 Å². The van der Waals surface area contributed by atoms with Gasteiger partial charge in [-0.1, -0.05) is 6.92 Å². The Balaban J connectivity index is 2.37. The molecule has 1 rings (SSSR count). The van der Waals surface area contributed by atoms with Gasteiger partial charge < -0.3 is 9.80 Å². The second-order valence-electron chi connectivity index (χ2n) is 4.32. The van der Waals surface area contributed by atoms with Crippen LogP contribution in [-0.2, 0) is 4.79 Å². The van der Waals surface area contributed by atoms with Gasteiger partial charge in [0.15, 0.2) is 0 Å². The third-order valence-electron chi connectivity index (χ3n) is 2.46. The number of carbonyl (C=O) groups excluding carboxylic acids is 1. The van der Waals surface area contributed by atoms with E-state index >= 15 is 0 Å². The lowest BCUT2D eigenvalue weighted by atomic mass is 10.0. The van der Waals surface area contributed by atoms with E-state index in [0.717, 1.165) is 13.1 Å². The smallest absolute Gasteiger partial charge is 0.236 e. The highest BCUT2D eigenvalue weighted by atomic mass is 16.2. The molecule has 0 aromatic carbocycles. The molecule has 1 fully saturated rings. The minimum absolute atomic E-state index is 0.275. The lowest BCUT2D eigenvalue weighted by Crippen LogP contribution is -2.43. The quantitative estimate of drug-likeness (QED) is 0.634. The van der Waals surface area contributed by atoms with Gasteiger partial charge in [-0.25, -0.2) is 0 Å². The molecule has 1 heterocycles. The van der Waals surface area contributed by atoms with Crippen molar-refractivity contribution < 1.29 is 4.79 Å². The van der Waals surface area contributed by atoms with Crippen LogP contribution >= 0.6 is 0 Å². The van der Waals surface area contributed by atoms with Crippen molar-refractivity contribution in [3.63, 3.8) is 0 Å². The average molecular weight is 184 g/mol. The summed E-state index contributed by atoms with van der Waals surface area (Å²) in [5.74, 6) is 0.955. The van der Waals surface area contributed by atoms with E-state index in [0.29, 0.717) is 12.5 Å². The van der Waals surface area contributed by atoms with Crippen LogP contribution in [0.15, 0.2) is 0 Å². The number of piperidine rings is 1. The van der Waals surface area contributed by atoms with Crippen LogP contribution < -0.4 is 0 Å². The number of rotatable bonds is 2. The lowest BCUT2D eigenvalue weighted by Gasteiger charge is -2.31. The van der Waals surface area contributed by atoms with E-state index in [4.69, 9.17) is 0 Å². The maximum Gasteiger partial charge on any atom is 0.236 e. The zero-order valence-corrected chi connectivity index (χ0v) is 8.92. The van der Waals surface area contributed by atoms with E-state index in [1.807, 2.05) is 23.9 Å². The van der Waals surface area contributed by atoms with E-state index in [9.17, 15) is 4.79 Å². The molecular formula is C10H20N2O. The molecule has 0 N–H and O–H groups in total. The molecule has 1 unspecified atom stereocenters. The molecule has 0 aromatic rings. The highest BCUT2D eigenvalue weighted by Gasteiger charge is 2.20. The average Bonchev–Trinajstić information content (AvgIpc) is 2.03. The van der Waals surface area contributed by atoms with E-state index in [1.165, 1.54) is 12.8 Å². The Morgan fingerprint density at radius 2 is 2.23 bits per heavy atom. The Hall–Kier alpha value is -0.570. The molecule has 3 nitrogen and oxygen atoms in total. The predicted octanol–water partition coefficient (Wildman–Crippen LogP) is 0.806. The number of carbonyl (C=O) groups is 1. The first kappa shape index (κ1) is 10.5. The van der Waals surface area contributed by atoms with Crippen molar-refractivity contribution in [1.29, 1.82) is 0 Å². The summed E-state index contributed by atoms with van der Waals surface area (Å²) in [5, 5.41) is 0. The maximum absolute atomic E-state index is 11.6. The Kier molecular flexibility index (Phi) is 3.72. The van der Waals surface area contributed by atoms with Gasteiger partial charge in [0.05, 0.1) is 6.54 Å². The SMILES string of the molecule is CC1CCCN(C(=O)CN(C)C)C1. The molecule has 0 aliphatic carbocycles. The number of hydrogen-bond acceptors (Lipinski definition) is 2. The molecular weight excluding hydrogens is 164 g/mol. The van der Waals surface area contributed by atoms with Crippen LogP contribution in [0.25, 0.3) is 0 Å². The Labute approximate surface area is 80.7 Å². The summed E-state index contributed by atoms with van der Waals surface area (Å²) < 4.78 is 0. The molecule has 1 amide bonds. The molecule has 76 valence electrons. The molecule has 0 aromatic heterocycles. The second-order valence-corrected chi connectivity index (χ2v) is 4.32. The molecule has 1 saturated heterocycles. The van der Waals surface area contributed by atoms with Gasteiger partial charge >= 0.3 is 0 Å². The Morgan fingerprint density at radius 3 is 2.77 bits per heavy atom. The fourth-order valence-corrected chi connectivity index (χ4v) is 1.79. The van der Waals surface area contributed by atoms with Crippen molar-refractivity contribution in [3.05, 3.63) is 0 Å². The van der Waals surface area contributed by atoms with E-state index in [1.54, 1.807) is 0 Å². The summed E-state index contributed by atoms with van der Waals surface area (Å²) in [6, 6.07) is 0. The van der Waals surface area contributed by atoms with Crippen molar-refractivity contribution >= 4 is 5.91 Å². The first-order valence-corrected chi connectivity index (χ1v) is 5.02. The van der Waals surface area contributed by atoms with Gasteiger partial charge in [0.2, 0.25) is 5.91 Å². The van der Waals surface area contributed by atoms with Gasteiger partial charge in [-0.3, -0.25) is 4.79 Å². The minimum Gasteiger partial charge on any atom is -0.341 e. The molecule has 0 radical (unpaired) electrons. The third kappa shape index (κ3) is 3.35. The van der Waals surface area contributed by atoms with Gasteiger partial charge in [-0.2, -0.15) is 0 Å². The summed E-state index contributed by atoms with van der Waals surface area (Å²) >= 11 is 0. The van der Waals surface area contributed by atoms with Crippen LogP contribution in [0.5, 0.6) is 0 Å². The summed E-state index contributed by atoms with van der Waals surface area (Å²) in [4.78, 5) is 15.6. The van der Waals surface area contributed by atoms with Gasteiger partial charge in [-0.05, 0) is 32.9 Å². The van der Waals surface area contributed by atoms with Crippen LogP contribution in [0.3, 0.4) is 0 Å². The van der Waals surface area contributed by atoms with Crippen molar-refractivity contribution in [2.24, 2.45) is 5.92 Å². The zero-order valence-electron chi connectivity index (χ0n) is 8.92. The van der Waals surface area contributed by atoms with Gasteiger partial charge in [-0.15, -0.1) is 0 Å². The standard InChI is InChI=1S/C10H20N2O/c1-9-5-4-6-12(7-9)10(13)8-11(2)3/h9H,4-8H2,1-3H3. The normalized spacial score (nSPS) is 23.7. The van der Waals surface area contributed by atoms with Crippen LogP contribution in [-0.4, -0.2) is 49.4 Å². The van der Waals surface area contributed by atoms with Crippen LogP contribution in [0.1, 0.15) is 19.8 Å². The van der Waals surface area contributed by atoms with Crippen molar-refractivity contribution in [3.8, 4) is 0 Å². The monoisotopic (exact) mass is 184 g/mol. The topological polar surface area (TPSA) is 23.6 Å². The number of likely N-dealkylation sites (N-methyl/N-ethyl adjacent to an activating group) is 1. The summed E-state index contributed by atoms with van der Waals surface area (Å²) in [6.07, 6.45) is 2.44. The van der Waals surface area contributed by atoms with Crippen LogP contribution in [0, 0.1) is 5.92 Å². The maximum atomic E-state index is 11.6. The molecule has 3 heteroatoms. The van der Waals surface area contributed by atoms with Crippen molar-refractivity contribution in [1.82, 2.24) is 9.80 Å². The summed E-state index contributed by atoms with van der Waals surface area (Å²) in [5.41, 5.74) is 0. The highest BCUT2D eigenvalue weighted by molar-refractivity contribution is 5.78. The van der Waals surface area contributed by atoms with Crippen LogP contribution in [0.4, 0.5) is 0 Å². The molecule has 13 heavy (non-hydrogen) atoms. The van der Waals surface area contributed by atoms with Crippen molar-refractivity contribution in [2.45, 2.75) is 19.8 Å². The minimum atomic E-state index is 0.275.